The summed E-state index contributed by atoms with van der Waals surface area (Å²) in [5.74, 6) is 0. The van der Waals surface area contributed by atoms with Gasteiger partial charge in [-0.25, -0.2) is 0 Å². The fourth-order valence-electron chi connectivity index (χ4n) is 2.84. The van der Waals surface area contributed by atoms with E-state index in [0.717, 1.165) is 29.3 Å². The molecule has 11 heteroatoms. The van der Waals surface area contributed by atoms with Crippen LogP contribution in [0.5, 0.6) is 0 Å². The smallest absolute Gasteiger partial charge is 0.330 e. The van der Waals surface area contributed by atoms with Crippen LogP contribution in [0, 0.1) is 0 Å². The molecule has 0 amide bonds. The number of aliphatic hydroxyl groups excluding tert-OH is 3. The van der Waals surface area contributed by atoms with Crippen molar-refractivity contribution in [1.82, 2.24) is 5.32 Å². The lowest BCUT2D eigenvalue weighted by atomic mass is 10.00. The van der Waals surface area contributed by atoms with Crippen LogP contribution in [0.25, 0.3) is 0 Å². The highest BCUT2D eigenvalue weighted by Crippen LogP contribution is 2.46. The van der Waals surface area contributed by atoms with Crippen molar-refractivity contribution in [1.29, 1.82) is 0 Å². The standard InChI is InChI=1S/C19H35NO8P2/c1-25-29(26-2)7-5-16-9-17(6-8-30(24,27-3)28-4)11-18(10-16)12-20-19(13-21,14-22)15-23/h9-11,20-23H,5-8,12-15H2,1-4H3. The van der Waals surface area contributed by atoms with Gasteiger partial charge in [-0.3, -0.25) is 4.57 Å². The second kappa shape index (κ2) is 13.9. The first-order chi connectivity index (χ1) is 14.3. The van der Waals surface area contributed by atoms with E-state index in [0.29, 0.717) is 13.0 Å². The van der Waals surface area contributed by atoms with Crippen LogP contribution in [0.3, 0.4) is 0 Å². The topological polar surface area (TPSA) is 127 Å². The summed E-state index contributed by atoms with van der Waals surface area (Å²) < 4.78 is 33.1. The van der Waals surface area contributed by atoms with Crippen molar-refractivity contribution in [2.24, 2.45) is 0 Å². The molecule has 0 aliphatic carbocycles. The summed E-state index contributed by atoms with van der Waals surface area (Å²) in [5.41, 5.74) is 1.75. The Morgan fingerprint density at radius 1 is 0.900 bits per heavy atom. The van der Waals surface area contributed by atoms with E-state index >= 15 is 0 Å². The molecule has 0 bridgehead atoms. The molecule has 1 aromatic carbocycles. The number of hydrogen-bond donors (Lipinski definition) is 4. The third kappa shape index (κ3) is 8.60. The first-order valence-corrected chi connectivity index (χ1v) is 12.7. The maximum Gasteiger partial charge on any atom is 0.330 e. The van der Waals surface area contributed by atoms with Crippen molar-refractivity contribution in [3.05, 3.63) is 34.9 Å². The fourth-order valence-corrected chi connectivity index (χ4v) is 4.84. The molecule has 0 aromatic heterocycles. The molecule has 0 spiro atoms. The molecule has 30 heavy (non-hydrogen) atoms. The van der Waals surface area contributed by atoms with Crippen LogP contribution in [-0.2, 0) is 42.0 Å². The van der Waals surface area contributed by atoms with E-state index < -0.39 is 41.3 Å². The Labute approximate surface area is 180 Å². The van der Waals surface area contributed by atoms with Crippen molar-refractivity contribution in [3.63, 3.8) is 0 Å². The molecule has 1 rings (SSSR count). The molecule has 9 nitrogen and oxygen atoms in total. The number of benzene rings is 1. The number of hydrogen-bond acceptors (Lipinski definition) is 9. The highest BCUT2D eigenvalue weighted by atomic mass is 31.2. The molecular weight excluding hydrogens is 432 g/mol. The summed E-state index contributed by atoms with van der Waals surface area (Å²) >= 11 is 0. The summed E-state index contributed by atoms with van der Waals surface area (Å²) in [6.45, 7) is -0.867. The Kier molecular flexibility index (Phi) is 12.7. The average molecular weight is 467 g/mol. The van der Waals surface area contributed by atoms with Crippen LogP contribution in [0.1, 0.15) is 16.7 Å². The molecule has 0 aliphatic heterocycles. The number of nitrogens with one attached hydrogen (secondary N) is 1. The summed E-state index contributed by atoms with van der Waals surface area (Å²) in [6.07, 6.45) is 2.19. The van der Waals surface area contributed by atoms with Crippen molar-refractivity contribution >= 4 is 16.0 Å². The Morgan fingerprint density at radius 3 is 1.87 bits per heavy atom. The summed E-state index contributed by atoms with van der Waals surface area (Å²) in [7, 11) is 1.88. The molecule has 0 saturated carbocycles. The largest absolute Gasteiger partial charge is 0.394 e. The van der Waals surface area contributed by atoms with E-state index in [-0.39, 0.29) is 6.16 Å². The second-order valence-corrected chi connectivity index (χ2v) is 11.1. The molecule has 0 saturated heterocycles. The van der Waals surface area contributed by atoms with E-state index in [2.05, 4.69) is 5.32 Å². The van der Waals surface area contributed by atoms with Crippen molar-refractivity contribution in [2.45, 2.75) is 24.9 Å². The van der Waals surface area contributed by atoms with Crippen LogP contribution >= 0.6 is 16.0 Å². The average Bonchev–Trinajstić information content (AvgIpc) is 2.79. The molecule has 4 N–H and O–H groups in total. The first-order valence-electron chi connectivity index (χ1n) is 9.58. The number of aliphatic hydroxyl groups is 3. The lowest BCUT2D eigenvalue weighted by Crippen LogP contribution is -2.54. The normalized spacial score (nSPS) is 12.7. The van der Waals surface area contributed by atoms with Crippen LogP contribution in [-0.4, -0.2) is 81.4 Å². The zero-order chi connectivity index (χ0) is 22.6. The van der Waals surface area contributed by atoms with Gasteiger partial charge in [-0.2, -0.15) is 0 Å². The van der Waals surface area contributed by atoms with E-state index in [1.807, 2.05) is 18.2 Å². The molecule has 0 aliphatic rings. The second-order valence-electron chi connectivity index (χ2n) is 6.89. The molecule has 174 valence electrons. The predicted molar refractivity (Wildman–Crippen MR) is 117 cm³/mol. The Bertz CT molecular complexity index is 652. The van der Waals surface area contributed by atoms with E-state index in [1.165, 1.54) is 14.2 Å². The lowest BCUT2D eigenvalue weighted by molar-refractivity contribution is 0.0414. The highest BCUT2D eigenvalue weighted by Gasteiger charge is 2.27. The minimum Gasteiger partial charge on any atom is -0.394 e. The van der Waals surface area contributed by atoms with E-state index in [1.54, 1.807) is 14.2 Å². The quantitative estimate of drug-likeness (QED) is 0.269. The Hall–Kier alpha value is -0.440. The van der Waals surface area contributed by atoms with Gasteiger partial charge in [-0.05, 0) is 29.5 Å². The molecule has 0 radical (unpaired) electrons. The van der Waals surface area contributed by atoms with Crippen molar-refractivity contribution in [2.75, 3.05) is 60.6 Å². The van der Waals surface area contributed by atoms with Crippen LogP contribution in [0.4, 0.5) is 0 Å². The van der Waals surface area contributed by atoms with Crippen LogP contribution in [0.15, 0.2) is 18.2 Å². The maximum atomic E-state index is 12.4. The van der Waals surface area contributed by atoms with Crippen molar-refractivity contribution < 1.29 is 38.0 Å². The number of rotatable bonds is 16. The van der Waals surface area contributed by atoms with Crippen molar-refractivity contribution in [3.8, 4) is 0 Å². The van der Waals surface area contributed by atoms with Gasteiger partial charge in [-0.15, -0.1) is 0 Å². The Balaban J connectivity index is 3.04. The van der Waals surface area contributed by atoms with Gasteiger partial charge in [0.15, 0.2) is 8.38 Å². The lowest BCUT2D eigenvalue weighted by Gasteiger charge is -2.29. The van der Waals surface area contributed by atoms with Crippen LogP contribution in [0.2, 0.25) is 0 Å². The highest BCUT2D eigenvalue weighted by molar-refractivity contribution is 7.53. The van der Waals surface area contributed by atoms with Gasteiger partial charge in [0.2, 0.25) is 0 Å². The van der Waals surface area contributed by atoms with Gasteiger partial charge >= 0.3 is 7.60 Å². The van der Waals surface area contributed by atoms with Crippen LogP contribution < -0.4 is 5.32 Å². The van der Waals surface area contributed by atoms with Gasteiger partial charge in [0.05, 0.1) is 31.5 Å². The fraction of sp³-hybridized carbons (Fsp3) is 0.684. The molecule has 0 heterocycles. The minimum absolute atomic E-state index is 0.243. The van der Waals surface area contributed by atoms with Gasteiger partial charge in [0.25, 0.3) is 0 Å². The summed E-state index contributed by atoms with van der Waals surface area (Å²) in [4.78, 5) is 0. The van der Waals surface area contributed by atoms with Gasteiger partial charge in [-0.1, -0.05) is 18.2 Å². The third-order valence-corrected chi connectivity index (χ3v) is 8.20. The van der Waals surface area contributed by atoms with E-state index in [9.17, 15) is 19.9 Å². The SMILES string of the molecule is COP(CCc1cc(CCP(=O)(OC)OC)cc(CNC(CO)(CO)CO)c1)OC. The molecule has 0 atom stereocenters. The zero-order valence-electron chi connectivity index (χ0n) is 18.2. The molecule has 0 unspecified atom stereocenters. The van der Waals surface area contributed by atoms with E-state index in [4.69, 9.17) is 18.1 Å². The molecule has 1 aromatic rings. The molecular formula is C19H35NO8P2. The first kappa shape index (κ1) is 27.6. The summed E-state index contributed by atoms with van der Waals surface area (Å²) in [5, 5.41) is 31.6. The van der Waals surface area contributed by atoms with Gasteiger partial charge in [0, 0.05) is 41.1 Å². The maximum absolute atomic E-state index is 12.4. The minimum atomic E-state index is -3.13. The molecule has 0 fully saturated rings. The van der Waals surface area contributed by atoms with Gasteiger partial charge < -0.3 is 38.7 Å². The third-order valence-electron chi connectivity index (χ3n) is 4.91. The van der Waals surface area contributed by atoms with Gasteiger partial charge in [0.1, 0.15) is 0 Å². The monoisotopic (exact) mass is 467 g/mol. The Morgan fingerprint density at radius 2 is 1.40 bits per heavy atom. The number of aryl methyl sites for hydroxylation is 2. The zero-order valence-corrected chi connectivity index (χ0v) is 20.0. The predicted octanol–water partition coefficient (Wildman–Crippen LogP) is 1.67. The summed E-state index contributed by atoms with van der Waals surface area (Å²) in [6, 6.07) is 6.01.